The Morgan fingerprint density at radius 1 is 0.529 bits per heavy atom. The van der Waals surface area contributed by atoms with E-state index in [9.17, 15) is 49.8 Å². The third kappa shape index (κ3) is 7.16. The molecule has 0 aliphatic heterocycles. The van der Waals surface area contributed by atoms with Crippen molar-refractivity contribution in [1.29, 1.82) is 21.0 Å². The summed E-state index contributed by atoms with van der Waals surface area (Å²) in [5.74, 6) is -5.63. The molecule has 4 aromatic carbocycles. The number of hydrogen-bond acceptors (Lipinski definition) is 16. The van der Waals surface area contributed by atoms with Gasteiger partial charge in [0, 0.05) is 43.8 Å². The van der Waals surface area contributed by atoms with E-state index in [1.54, 1.807) is 60.7 Å². The van der Waals surface area contributed by atoms with Gasteiger partial charge in [0.05, 0.1) is 55.9 Å². The van der Waals surface area contributed by atoms with Gasteiger partial charge >= 0.3 is 11.9 Å². The molecule has 10 rings (SSSR count). The number of carbonyl (C=O) groups excluding carboxylic acids is 6. The number of aromatic nitrogens is 2. The molecule has 2 atom stereocenters. The lowest BCUT2D eigenvalue weighted by Crippen LogP contribution is -2.23. The van der Waals surface area contributed by atoms with E-state index < -0.39 is 46.9 Å². The van der Waals surface area contributed by atoms with Gasteiger partial charge in [-0.3, -0.25) is 19.2 Å². The first-order chi connectivity index (χ1) is 33.0. The zero-order valence-corrected chi connectivity index (χ0v) is 36.4. The van der Waals surface area contributed by atoms with E-state index in [4.69, 9.17) is 19.4 Å². The highest BCUT2D eigenvalue weighted by molar-refractivity contribution is 7.13. The van der Waals surface area contributed by atoms with Crippen LogP contribution < -0.4 is 0 Å². The average molecular weight is 925 g/mol. The van der Waals surface area contributed by atoms with E-state index in [1.807, 2.05) is 36.4 Å². The van der Waals surface area contributed by atoms with E-state index in [1.165, 1.54) is 36.4 Å². The van der Waals surface area contributed by atoms with Gasteiger partial charge in [0.25, 0.3) is 0 Å². The molecule has 2 aromatic heterocycles. The largest absolute Gasteiger partial charge is 0.457 e. The lowest BCUT2D eigenvalue weighted by atomic mass is 9.76. The topological polar surface area (TPSA) is 242 Å². The Kier molecular flexibility index (Phi) is 10.6. The molecule has 0 spiro atoms. The van der Waals surface area contributed by atoms with Gasteiger partial charge in [0.15, 0.2) is 23.1 Å². The molecule has 16 heteroatoms. The first kappa shape index (κ1) is 42.6. The number of allylic oxidation sites excluding steroid dienone is 4. The number of thiazole rings is 2. The molecule has 14 nitrogen and oxygen atoms in total. The smallest absolute Gasteiger partial charge is 0.340 e. The summed E-state index contributed by atoms with van der Waals surface area (Å²) in [5.41, 5.74) is 0.923. The summed E-state index contributed by atoms with van der Waals surface area (Å²) in [6.07, 6.45) is 5.89. The normalized spacial score (nSPS) is 16.1. The number of hydrogen-bond donors (Lipinski definition) is 0. The van der Waals surface area contributed by atoms with Crippen molar-refractivity contribution in [3.63, 3.8) is 0 Å². The third-order valence-electron chi connectivity index (χ3n) is 11.7. The molecule has 2 unspecified atom stereocenters. The van der Waals surface area contributed by atoms with E-state index >= 15 is 0 Å². The number of fused-ring (bicyclic) bond motifs is 7. The summed E-state index contributed by atoms with van der Waals surface area (Å²) in [4.78, 5) is 93.8. The fraction of sp³-hybridized carbons (Fsp3) is 0.0769. The summed E-state index contributed by atoms with van der Waals surface area (Å²) < 4.78 is 11.6. The fourth-order valence-electron chi connectivity index (χ4n) is 8.41. The molecule has 0 N–H and O–H groups in total. The van der Waals surface area contributed by atoms with Crippen molar-refractivity contribution in [3.05, 3.63) is 195 Å². The number of ketones is 4. The minimum absolute atomic E-state index is 0.0376. The van der Waals surface area contributed by atoms with E-state index in [0.29, 0.717) is 20.9 Å². The van der Waals surface area contributed by atoms with Crippen LogP contribution in [0.15, 0.2) is 108 Å². The number of carbonyl (C=O) groups is 6. The summed E-state index contributed by atoms with van der Waals surface area (Å²) in [6.45, 7) is -0.176. The Morgan fingerprint density at radius 2 is 0.853 bits per heavy atom. The minimum atomic E-state index is -0.745. The van der Waals surface area contributed by atoms with Gasteiger partial charge in [0.1, 0.15) is 47.5 Å². The lowest BCUT2D eigenvalue weighted by molar-refractivity contribution is -0.138. The van der Waals surface area contributed by atoms with E-state index in [0.717, 1.165) is 22.7 Å². The molecule has 0 saturated carbocycles. The Bertz CT molecular complexity index is 3290. The first-order valence-electron chi connectivity index (χ1n) is 20.5. The molecule has 2 heterocycles. The van der Waals surface area contributed by atoms with Crippen LogP contribution in [0, 0.1) is 45.3 Å². The highest BCUT2D eigenvalue weighted by Crippen LogP contribution is 2.54. The van der Waals surface area contributed by atoms with Crippen LogP contribution in [-0.4, -0.2) is 45.0 Å². The van der Waals surface area contributed by atoms with Gasteiger partial charge in [0.2, 0.25) is 0 Å². The van der Waals surface area contributed by atoms with Crippen molar-refractivity contribution in [2.75, 3.05) is 0 Å². The minimum Gasteiger partial charge on any atom is -0.457 e. The Balaban J connectivity index is 1.09. The van der Waals surface area contributed by atoms with E-state index in [2.05, 4.69) is 0 Å². The molecule has 0 saturated heterocycles. The molecular weight excluding hydrogens is 901 g/mol. The highest BCUT2D eigenvalue weighted by atomic mass is 32.1. The summed E-state index contributed by atoms with van der Waals surface area (Å²) in [5, 5.41) is 38.7. The van der Waals surface area contributed by atoms with Crippen LogP contribution in [0.2, 0.25) is 0 Å². The SMILES string of the molecule is N#Cc1cc2c(cc1C#N)C(=O)C(=Cc1nc3c(s1)C1C=C(C(=O)OCc4ccccc4)c4nc(C=C5C(=O)c6cc(C#N)c(C#N)cc6C5=O)sc4C1C=C3C(=O)OCc1ccccc1)C2=O. The van der Waals surface area contributed by atoms with Crippen LogP contribution in [-0.2, 0) is 32.3 Å². The Morgan fingerprint density at radius 3 is 1.16 bits per heavy atom. The molecule has 322 valence electrons. The number of rotatable bonds is 8. The molecule has 0 bridgehead atoms. The Hall–Kier alpha value is -9.32. The van der Waals surface area contributed by atoms with Gasteiger partial charge in [-0.2, -0.15) is 21.0 Å². The number of esters is 2. The van der Waals surface area contributed by atoms with Crippen LogP contribution in [0.25, 0.3) is 23.3 Å². The van der Waals surface area contributed by atoms with Gasteiger partial charge in [-0.05, 0) is 47.5 Å². The Labute approximate surface area is 392 Å². The number of nitrogens with zero attached hydrogens (tertiary/aromatic N) is 6. The van der Waals surface area contributed by atoms with Crippen LogP contribution in [0.1, 0.15) is 118 Å². The zero-order valence-electron chi connectivity index (χ0n) is 34.7. The van der Waals surface area contributed by atoms with Crippen molar-refractivity contribution in [1.82, 2.24) is 9.97 Å². The number of nitriles is 4. The maximum atomic E-state index is 14.2. The van der Waals surface area contributed by atoms with E-state index in [-0.39, 0.29) is 101 Å². The van der Waals surface area contributed by atoms with Crippen molar-refractivity contribution in [2.45, 2.75) is 25.0 Å². The maximum absolute atomic E-state index is 14.2. The van der Waals surface area contributed by atoms with Crippen molar-refractivity contribution in [3.8, 4) is 24.3 Å². The monoisotopic (exact) mass is 924 g/mol. The predicted octanol–water partition coefficient (Wildman–Crippen LogP) is 8.16. The van der Waals surface area contributed by atoms with Crippen LogP contribution in [0.3, 0.4) is 0 Å². The van der Waals surface area contributed by atoms with Crippen molar-refractivity contribution < 1.29 is 38.2 Å². The lowest BCUT2D eigenvalue weighted by Gasteiger charge is -2.30. The van der Waals surface area contributed by atoms with Gasteiger partial charge in [-0.1, -0.05) is 72.8 Å². The quantitative estimate of drug-likeness (QED) is 0.0795. The summed E-state index contributed by atoms with van der Waals surface area (Å²) in [6, 6.07) is 30.4. The third-order valence-corrected chi connectivity index (χ3v) is 13.9. The summed E-state index contributed by atoms with van der Waals surface area (Å²) >= 11 is 2.14. The van der Waals surface area contributed by atoms with Crippen molar-refractivity contribution in [2.24, 2.45) is 0 Å². The second-order valence-corrected chi connectivity index (χ2v) is 17.8. The first-order valence-corrected chi connectivity index (χ1v) is 22.1. The molecule has 0 amide bonds. The molecule has 4 aliphatic carbocycles. The zero-order chi connectivity index (χ0) is 47.4. The molecule has 0 fully saturated rings. The molecular formula is C52H24N6O8S2. The molecule has 4 aliphatic rings. The summed E-state index contributed by atoms with van der Waals surface area (Å²) in [7, 11) is 0. The number of Topliss-reactive ketones (excluding diaryl/α,β-unsaturated/α-hetero) is 4. The molecule has 68 heavy (non-hydrogen) atoms. The van der Waals surface area contributed by atoms with Crippen LogP contribution in [0.4, 0.5) is 0 Å². The maximum Gasteiger partial charge on any atom is 0.340 e. The highest BCUT2D eigenvalue weighted by Gasteiger charge is 2.44. The van der Waals surface area contributed by atoms with Crippen LogP contribution >= 0.6 is 22.7 Å². The second kappa shape index (κ2) is 16.9. The van der Waals surface area contributed by atoms with Crippen LogP contribution in [0.5, 0.6) is 0 Å². The molecule has 0 radical (unpaired) electrons. The van der Waals surface area contributed by atoms with Gasteiger partial charge in [-0.25, -0.2) is 19.6 Å². The number of benzene rings is 4. The second-order valence-electron chi connectivity index (χ2n) is 15.6. The fourth-order valence-corrected chi connectivity index (χ4v) is 10.7. The van der Waals surface area contributed by atoms with Gasteiger partial charge < -0.3 is 9.47 Å². The van der Waals surface area contributed by atoms with Crippen molar-refractivity contribution >= 4 is 81.0 Å². The average Bonchev–Trinajstić information content (AvgIpc) is 4.11. The predicted molar refractivity (Wildman–Crippen MR) is 243 cm³/mol. The number of ether oxygens (including phenoxy) is 2. The standard InChI is InChI=1S/C52H24N6O8S2/c53-19-27-11-31-32(12-28(27)20-54)46(60)39(45(31)59)17-41-57-43-37(51(63)65-23-25-7-3-1-4-8-25)15-35-36(49(43)67-41)16-38(52(64)66-24-26-9-5-2-6-10-26)44-50(35)68-42(58-44)18-40-47(61)33-13-29(21-55)30(22-56)14-34(33)48(40)62/h1-18,35-36H,23-24H2. The molecule has 6 aromatic rings. The van der Waals surface area contributed by atoms with Gasteiger partial charge in [-0.15, -0.1) is 22.7 Å².